The average molecular weight is 233 g/mol. The van der Waals surface area contributed by atoms with Gasteiger partial charge in [-0.2, -0.15) is 5.10 Å². The third kappa shape index (κ3) is 2.77. The van der Waals surface area contributed by atoms with Crippen molar-refractivity contribution in [3.8, 4) is 0 Å². The van der Waals surface area contributed by atoms with Crippen LogP contribution in [-0.4, -0.2) is 50.3 Å². The first-order chi connectivity index (χ1) is 6.98. The van der Waals surface area contributed by atoms with Gasteiger partial charge in [-0.3, -0.25) is 4.68 Å². The van der Waals surface area contributed by atoms with Crippen molar-refractivity contribution in [2.75, 3.05) is 27.8 Å². The topological polar surface area (TPSA) is 64.4 Å². The summed E-state index contributed by atoms with van der Waals surface area (Å²) >= 11 is 0. The molecule has 0 fully saturated rings. The summed E-state index contributed by atoms with van der Waals surface area (Å²) in [5.74, 6) is 0. The maximum absolute atomic E-state index is 11.7. The molecule has 1 heterocycles. The van der Waals surface area contributed by atoms with Crippen LogP contribution in [0.25, 0.3) is 0 Å². The van der Waals surface area contributed by atoms with Crippen LogP contribution in [-0.2, 0) is 21.3 Å². The van der Waals surface area contributed by atoms with Crippen LogP contribution in [0.1, 0.15) is 0 Å². The zero-order valence-corrected chi connectivity index (χ0v) is 9.86. The van der Waals surface area contributed by atoms with E-state index >= 15 is 0 Å². The molecule has 0 spiro atoms. The zero-order valence-electron chi connectivity index (χ0n) is 9.04. The van der Waals surface area contributed by atoms with Crippen LogP contribution >= 0.6 is 0 Å². The Bertz CT molecular complexity index is 411. The van der Waals surface area contributed by atoms with E-state index in [1.54, 1.807) is 11.8 Å². The fraction of sp³-hybridized carbons (Fsp3) is 0.625. The van der Waals surface area contributed by atoms with Gasteiger partial charge in [0, 0.05) is 27.4 Å². The summed E-state index contributed by atoms with van der Waals surface area (Å²) in [5, 5.41) is 3.93. The van der Waals surface area contributed by atoms with E-state index in [1.807, 2.05) is 0 Å². The molecule has 0 aliphatic rings. The maximum atomic E-state index is 11.7. The third-order valence-corrected chi connectivity index (χ3v) is 3.68. The minimum atomic E-state index is -3.37. The monoisotopic (exact) mass is 233 g/mol. The first-order valence-electron chi connectivity index (χ1n) is 4.42. The van der Waals surface area contributed by atoms with Crippen LogP contribution in [0.5, 0.6) is 0 Å². The van der Waals surface area contributed by atoms with E-state index in [0.717, 1.165) is 4.31 Å². The van der Waals surface area contributed by atoms with Gasteiger partial charge in [0.05, 0.1) is 19.3 Å². The second kappa shape index (κ2) is 4.73. The van der Waals surface area contributed by atoms with Crippen LogP contribution in [0.4, 0.5) is 0 Å². The van der Waals surface area contributed by atoms with Gasteiger partial charge >= 0.3 is 0 Å². The molecule has 0 saturated carbocycles. The lowest BCUT2D eigenvalue weighted by Crippen LogP contribution is -2.21. The number of nitrogens with zero attached hydrogens (tertiary/aromatic N) is 3. The molecule has 0 amide bonds. The SMILES string of the molecule is COCCn1cc(S(=O)(=O)N(C)C)cn1. The first kappa shape index (κ1) is 12.2. The van der Waals surface area contributed by atoms with Gasteiger partial charge in [0.1, 0.15) is 4.90 Å². The molecular weight excluding hydrogens is 218 g/mol. The van der Waals surface area contributed by atoms with Gasteiger partial charge in [0.15, 0.2) is 0 Å². The summed E-state index contributed by atoms with van der Waals surface area (Å²) in [6.07, 6.45) is 2.83. The Balaban J connectivity index is 2.85. The number of sulfonamides is 1. The molecule has 86 valence electrons. The molecule has 0 unspecified atom stereocenters. The Morgan fingerprint density at radius 3 is 2.73 bits per heavy atom. The molecular formula is C8H15N3O3S. The summed E-state index contributed by atoms with van der Waals surface area (Å²) in [4.78, 5) is 0.198. The molecule has 1 aromatic heterocycles. The standard InChI is InChI=1S/C8H15N3O3S/c1-10(2)15(12,13)8-6-9-11(7-8)4-5-14-3/h6-7H,4-5H2,1-3H3. The second-order valence-electron chi connectivity index (χ2n) is 3.22. The van der Waals surface area contributed by atoms with E-state index in [2.05, 4.69) is 5.10 Å². The van der Waals surface area contributed by atoms with Crippen LogP contribution < -0.4 is 0 Å². The Morgan fingerprint density at radius 2 is 2.20 bits per heavy atom. The Hall–Kier alpha value is -0.920. The minimum Gasteiger partial charge on any atom is -0.383 e. The molecule has 0 N–H and O–H groups in total. The summed E-state index contributed by atoms with van der Waals surface area (Å²) in [6.45, 7) is 1.04. The van der Waals surface area contributed by atoms with Crippen molar-refractivity contribution in [1.29, 1.82) is 0 Å². The fourth-order valence-electron chi connectivity index (χ4n) is 0.996. The predicted octanol–water partition coefficient (Wildman–Crippen LogP) is -0.220. The van der Waals surface area contributed by atoms with Crippen molar-refractivity contribution in [3.05, 3.63) is 12.4 Å². The fourth-order valence-corrected chi connectivity index (χ4v) is 1.85. The number of ether oxygens (including phenoxy) is 1. The highest BCUT2D eigenvalue weighted by Gasteiger charge is 2.18. The van der Waals surface area contributed by atoms with Gasteiger partial charge in [0.25, 0.3) is 0 Å². The van der Waals surface area contributed by atoms with Gasteiger partial charge in [-0.25, -0.2) is 12.7 Å². The van der Waals surface area contributed by atoms with Crippen LogP contribution in [0.2, 0.25) is 0 Å². The molecule has 0 bridgehead atoms. The number of hydrogen-bond donors (Lipinski definition) is 0. The third-order valence-electron chi connectivity index (χ3n) is 1.91. The largest absolute Gasteiger partial charge is 0.383 e. The quantitative estimate of drug-likeness (QED) is 0.705. The molecule has 0 atom stereocenters. The number of aromatic nitrogens is 2. The van der Waals surface area contributed by atoms with Crippen molar-refractivity contribution in [2.45, 2.75) is 11.4 Å². The van der Waals surface area contributed by atoms with Gasteiger partial charge in [-0.05, 0) is 0 Å². The predicted molar refractivity (Wildman–Crippen MR) is 55.0 cm³/mol. The molecule has 0 aliphatic heterocycles. The Kier molecular flexibility index (Phi) is 3.83. The highest BCUT2D eigenvalue weighted by atomic mass is 32.2. The lowest BCUT2D eigenvalue weighted by atomic mass is 10.7. The molecule has 7 heteroatoms. The van der Waals surface area contributed by atoms with E-state index in [-0.39, 0.29) is 4.90 Å². The summed E-state index contributed by atoms with van der Waals surface area (Å²) in [7, 11) is 1.19. The molecule has 15 heavy (non-hydrogen) atoms. The van der Waals surface area contributed by atoms with Crippen LogP contribution in [0, 0.1) is 0 Å². The highest BCUT2D eigenvalue weighted by molar-refractivity contribution is 7.89. The Morgan fingerprint density at radius 1 is 1.53 bits per heavy atom. The van der Waals surface area contributed by atoms with E-state index in [1.165, 1.54) is 26.5 Å². The number of rotatable bonds is 5. The summed E-state index contributed by atoms with van der Waals surface area (Å²) < 4.78 is 30.9. The van der Waals surface area contributed by atoms with Crippen molar-refractivity contribution in [1.82, 2.24) is 14.1 Å². The maximum Gasteiger partial charge on any atom is 0.245 e. The van der Waals surface area contributed by atoms with Gasteiger partial charge in [-0.15, -0.1) is 0 Å². The molecule has 1 aromatic rings. The lowest BCUT2D eigenvalue weighted by Gasteiger charge is -2.08. The number of methoxy groups -OCH3 is 1. The van der Waals surface area contributed by atoms with Crippen molar-refractivity contribution in [3.63, 3.8) is 0 Å². The number of hydrogen-bond acceptors (Lipinski definition) is 4. The molecule has 0 radical (unpaired) electrons. The highest BCUT2D eigenvalue weighted by Crippen LogP contribution is 2.10. The van der Waals surface area contributed by atoms with Crippen molar-refractivity contribution >= 4 is 10.0 Å². The van der Waals surface area contributed by atoms with Crippen molar-refractivity contribution < 1.29 is 13.2 Å². The second-order valence-corrected chi connectivity index (χ2v) is 5.37. The van der Waals surface area contributed by atoms with Gasteiger partial charge in [0.2, 0.25) is 10.0 Å². The zero-order chi connectivity index (χ0) is 11.5. The molecule has 1 rings (SSSR count). The molecule has 0 aliphatic carbocycles. The summed E-state index contributed by atoms with van der Waals surface area (Å²) in [5.41, 5.74) is 0. The summed E-state index contributed by atoms with van der Waals surface area (Å²) in [6, 6.07) is 0. The smallest absolute Gasteiger partial charge is 0.245 e. The van der Waals surface area contributed by atoms with E-state index in [9.17, 15) is 8.42 Å². The van der Waals surface area contributed by atoms with Gasteiger partial charge < -0.3 is 4.74 Å². The van der Waals surface area contributed by atoms with Crippen LogP contribution in [0.3, 0.4) is 0 Å². The average Bonchev–Trinajstić information content (AvgIpc) is 2.63. The molecule has 0 aromatic carbocycles. The van der Waals surface area contributed by atoms with Gasteiger partial charge in [-0.1, -0.05) is 0 Å². The molecule has 0 saturated heterocycles. The van der Waals surface area contributed by atoms with E-state index < -0.39 is 10.0 Å². The minimum absolute atomic E-state index is 0.198. The lowest BCUT2D eigenvalue weighted by molar-refractivity contribution is 0.183. The van der Waals surface area contributed by atoms with Crippen LogP contribution in [0.15, 0.2) is 17.3 Å². The van der Waals surface area contributed by atoms with Crippen molar-refractivity contribution in [2.24, 2.45) is 0 Å². The molecule has 6 nitrogen and oxygen atoms in total. The first-order valence-corrected chi connectivity index (χ1v) is 5.86. The normalized spacial score (nSPS) is 12.3. The van der Waals surface area contributed by atoms with E-state index in [0.29, 0.717) is 13.2 Å². The Labute approximate surface area is 89.5 Å². The van der Waals surface area contributed by atoms with E-state index in [4.69, 9.17) is 4.74 Å².